The van der Waals surface area contributed by atoms with Crippen molar-refractivity contribution in [2.24, 2.45) is 0 Å². The fraction of sp³-hybridized carbons (Fsp3) is 0.167. The number of thiophene rings is 1. The Balaban J connectivity index is 1.49. The molecule has 3 aromatic heterocycles. The highest BCUT2D eigenvalue weighted by Crippen LogP contribution is 2.36. The fourth-order valence-electron chi connectivity index (χ4n) is 3.61. The zero-order chi connectivity index (χ0) is 22.2. The number of rotatable bonds is 5. The van der Waals surface area contributed by atoms with Crippen LogP contribution >= 0.6 is 23.1 Å². The number of nitrogens with one attached hydrogen (secondary N) is 1. The molecular weight excluding hydrogens is 438 g/mol. The van der Waals surface area contributed by atoms with Crippen molar-refractivity contribution in [2.75, 3.05) is 0 Å². The van der Waals surface area contributed by atoms with E-state index in [2.05, 4.69) is 46.4 Å². The Morgan fingerprint density at radius 3 is 2.53 bits per heavy atom. The third kappa shape index (κ3) is 3.76. The highest BCUT2D eigenvalue weighted by atomic mass is 32.2. The Kier molecular flexibility index (Phi) is 5.40. The summed E-state index contributed by atoms with van der Waals surface area (Å²) in [4.78, 5) is 21.5. The van der Waals surface area contributed by atoms with Crippen LogP contribution in [0.2, 0.25) is 0 Å². The molecule has 0 saturated carbocycles. The van der Waals surface area contributed by atoms with Crippen LogP contribution in [-0.2, 0) is 0 Å². The second-order valence-electron chi connectivity index (χ2n) is 7.61. The highest BCUT2D eigenvalue weighted by Gasteiger charge is 2.20. The van der Waals surface area contributed by atoms with Crippen LogP contribution in [0.4, 0.5) is 0 Å². The van der Waals surface area contributed by atoms with E-state index in [0.29, 0.717) is 11.2 Å². The molecule has 0 aliphatic heterocycles. The first-order chi connectivity index (χ1) is 15.5. The molecule has 0 aliphatic rings. The average Bonchev–Trinajstić information content (AvgIpc) is 3.39. The molecule has 1 unspecified atom stereocenters. The third-order valence-corrected chi connectivity index (χ3v) is 7.23. The Morgan fingerprint density at radius 1 is 1.03 bits per heavy atom. The minimum atomic E-state index is -0.117. The second-order valence-corrected chi connectivity index (χ2v) is 9.77. The van der Waals surface area contributed by atoms with E-state index < -0.39 is 0 Å². The van der Waals surface area contributed by atoms with Crippen molar-refractivity contribution in [3.8, 4) is 16.8 Å². The van der Waals surface area contributed by atoms with E-state index in [9.17, 15) is 4.79 Å². The van der Waals surface area contributed by atoms with E-state index in [4.69, 9.17) is 4.98 Å². The van der Waals surface area contributed by atoms with Crippen LogP contribution in [0.1, 0.15) is 29.4 Å². The van der Waals surface area contributed by atoms with Crippen molar-refractivity contribution in [3.63, 3.8) is 0 Å². The summed E-state index contributed by atoms with van der Waals surface area (Å²) in [5.74, 6) is 1.44. The number of benzene rings is 2. The van der Waals surface area contributed by atoms with Crippen molar-refractivity contribution in [3.05, 3.63) is 87.5 Å². The molecule has 2 aromatic carbocycles. The lowest BCUT2D eigenvalue weighted by molar-refractivity contribution is 0.851. The maximum absolute atomic E-state index is 13.0. The van der Waals surface area contributed by atoms with Crippen molar-refractivity contribution in [1.82, 2.24) is 24.7 Å². The Labute approximate surface area is 193 Å². The SMILES string of the molecule is Cc1ccc(-n2c(C)nnc2SC(C)c2nc3scc(-c4ccccc4)c3c(=O)[nH]2)cc1. The lowest BCUT2D eigenvalue weighted by Gasteiger charge is -2.12. The zero-order valence-electron chi connectivity index (χ0n) is 17.9. The minimum Gasteiger partial charge on any atom is -0.309 e. The summed E-state index contributed by atoms with van der Waals surface area (Å²) in [6.45, 7) is 6.01. The third-order valence-electron chi connectivity index (χ3n) is 5.30. The van der Waals surface area contributed by atoms with E-state index in [1.807, 2.05) is 54.1 Å². The van der Waals surface area contributed by atoms with Gasteiger partial charge in [-0.2, -0.15) is 0 Å². The normalized spacial score (nSPS) is 12.3. The average molecular weight is 460 g/mol. The van der Waals surface area contributed by atoms with Gasteiger partial charge in [0.1, 0.15) is 16.5 Å². The summed E-state index contributed by atoms with van der Waals surface area (Å²) in [5.41, 5.74) is 4.02. The Bertz CT molecular complexity index is 1450. The van der Waals surface area contributed by atoms with Crippen molar-refractivity contribution in [1.29, 1.82) is 0 Å². The maximum Gasteiger partial charge on any atom is 0.260 e. The number of H-pyrrole nitrogens is 1. The van der Waals surface area contributed by atoms with Gasteiger partial charge in [0.15, 0.2) is 5.16 Å². The van der Waals surface area contributed by atoms with Gasteiger partial charge in [-0.1, -0.05) is 59.8 Å². The molecule has 6 nitrogen and oxygen atoms in total. The van der Waals surface area contributed by atoms with Crippen LogP contribution in [0, 0.1) is 13.8 Å². The molecule has 0 fully saturated rings. The van der Waals surface area contributed by atoms with Gasteiger partial charge in [-0.3, -0.25) is 9.36 Å². The summed E-state index contributed by atoms with van der Waals surface area (Å²) in [5, 5.41) is 11.9. The summed E-state index contributed by atoms with van der Waals surface area (Å²) in [6.07, 6.45) is 0. The van der Waals surface area contributed by atoms with Gasteiger partial charge >= 0.3 is 0 Å². The number of hydrogen-bond acceptors (Lipinski definition) is 6. The molecule has 1 atom stereocenters. The van der Waals surface area contributed by atoms with Crippen LogP contribution in [0.5, 0.6) is 0 Å². The lowest BCUT2D eigenvalue weighted by Crippen LogP contribution is -2.12. The van der Waals surface area contributed by atoms with E-state index in [0.717, 1.165) is 32.6 Å². The molecule has 0 bridgehead atoms. The minimum absolute atomic E-state index is 0.109. The smallest absolute Gasteiger partial charge is 0.260 e. The zero-order valence-corrected chi connectivity index (χ0v) is 19.5. The molecule has 0 spiro atoms. The molecule has 5 rings (SSSR count). The molecular formula is C24H21N5OS2. The number of aryl methyl sites for hydroxylation is 2. The van der Waals surface area contributed by atoms with Crippen LogP contribution in [0.25, 0.3) is 27.0 Å². The predicted octanol–water partition coefficient (Wildman–Crippen LogP) is 5.70. The van der Waals surface area contributed by atoms with Crippen molar-refractivity contribution < 1.29 is 0 Å². The fourth-order valence-corrected chi connectivity index (χ4v) is 5.54. The van der Waals surface area contributed by atoms with Gasteiger partial charge in [0.2, 0.25) is 0 Å². The summed E-state index contributed by atoms with van der Waals surface area (Å²) in [7, 11) is 0. The van der Waals surface area contributed by atoms with Crippen LogP contribution in [0.15, 0.2) is 69.9 Å². The standard InChI is InChI=1S/C24H21N5OS2/c1-14-9-11-18(12-10-14)29-16(3)27-28-24(29)32-15(2)21-25-22(30)20-19(13-31-23(20)26-21)17-7-5-4-6-8-17/h4-13,15H,1-3H3,(H,25,26,30). The Hall–Kier alpha value is -3.23. The van der Waals surface area contributed by atoms with Gasteiger partial charge in [-0.25, -0.2) is 4.98 Å². The van der Waals surface area contributed by atoms with E-state index in [-0.39, 0.29) is 10.8 Å². The molecule has 0 saturated heterocycles. The largest absolute Gasteiger partial charge is 0.309 e. The van der Waals surface area contributed by atoms with E-state index in [1.54, 1.807) is 0 Å². The highest BCUT2D eigenvalue weighted by molar-refractivity contribution is 7.99. The first kappa shape index (κ1) is 20.7. The molecule has 3 heterocycles. The van der Waals surface area contributed by atoms with E-state index >= 15 is 0 Å². The molecule has 1 N–H and O–H groups in total. The molecule has 0 aliphatic carbocycles. The number of fused-ring (bicyclic) bond motifs is 1. The quantitative estimate of drug-likeness (QED) is 0.341. The van der Waals surface area contributed by atoms with Crippen LogP contribution in [0.3, 0.4) is 0 Å². The van der Waals surface area contributed by atoms with Crippen molar-refractivity contribution >= 4 is 33.3 Å². The molecule has 5 aromatic rings. The summed E-state index contributed by atoms with van der Waals surface area (Å²) in [6, 6.07) is 18.2. The monoisotopic (exact) mass is 459 g/mol. The predicted molar refractivity (Wildman–Crippen MR) is 131 cm³/mol. The van der Waals surface area contributed by atoms with Crippen LogP contribution < -0.4 is 5.56 Å². The van der Waals surface area contributed by atoms with Gasteiger partial charge in [-0.05, 0) is 38.5 Å². The topological polar surface area (TPSA) is 76.5 Å². The molecule has 8 heteroatoms. The van der Waals surface area contributed by atoms with Gasteiger partial charge in [0, 0.05) is 16.6 Å². The first-order valence-electron chi connectivity index (χ1n) is 10.2. The number of nitrogens with zero attached hydrogens (tertiary/aromatic N) is 4. The lowest BCUT2D eigenvalue weighted by atomic mass is 10.1. The number of hydrogen-bond donors (Lipinski definition) is 1. The maximum atomic E-state index is 13.0. The number of aromatic amines is 1. The second kappa shape index (κ2) is 8.37. The van der Waals surface area contributed by atoms with Crippen LogP contribution in [-0.4, -0.2) is 24.7 Å². The van der Waals surface area contributed by atoms with Gasteiger partial charge in [0.25, 0.3) is 5.56 Å². The van der Waals surface area contributed by atoms with Gasteiger partial charge in [-0.15, -0.1) is 21.5 Å². The van der Waals surface area contributed by atoms with Gasteiger partial charge in [0.05, 0.1) is 10.6 Å². The summed E-state index contributed by atoms with van der Waals surface area (Å²) >= 11 is 3.02. The Morgan fingerprint density at radius 2 is 1.78 bits per heavy atom. The molecule has 0 radical (unpaired) electrons. The molecule has 160 valence electrons. The van der Waals surface area contributed by atoms with E-state index in [1.165, 1.54) is 28.7 Å². The molecule has 32 heavy (non-hydrogen) atoms. The van der Waals surface area contributed by atoms with Gasteiger partial charge < -0.3 is 4.98 Å². The first-order valence-corrected chi connectivity index (χ1v) is 12.0. The number of thioether (sulfide) groups is 1. The summed E-state index contributed by atoms with van der Waals surface area (Å²) < 4.78 is 2.02. The number of aromatic nitrogens is 5. The van der Waals surface area contributed by atoms with Crippen molar-refractivity contribution in [2.45, 2.75) is 31.2 Å². The molecule has 0 amide bonds.